The molecule has 0 atom stereocenters. The van der Waals surface area contributed by atoms with Crippen LogP contribution in [0.3, 0.4) is 0 Å². The third-order valence-corrected chi connectivity index (χ3v) is 2.85. The third kappa shape index (κ3) is 1.73. The van der Waals surface area contributed by atoms with E-state index in [1.807, 2.05) is 0 Å². The highest BCUT2D eigenvalue weighted by molar-refractivity contribution is 14.1. The van der Waals surface area contributed by atoms with Gasteiger partial charge in [-0.3, -0.25) is 0 Å². The molecule has 0 fully saturated rings. The second kappa shape index (κ2) is 3.33. The number of halogens is 1. The van der Waals surface area contributed by atoms with E-state index < -0.39 is 0 Å². The number of nitrogens with zero attached hydrogens (tertiary/aromatic N) is 1. The maximum Gasteiger partial charge on any atom is 0.0463 e. The van der Waals surface area contributed by atoms with Crippen LogP contribution in [0.2, 0.25) is 0 Å². The van der Waals surface area contributed by atoms with Crippen molar-refractivity contribution in [1.29, 1.82) is 0 Å². The first-order valence-electron chi connectivity index (χ1n) is 4.44. The second-order valence-corrected chi connectivity index (χ2v) is 4.85. The highest BCUT2D eigenvalue weighted by Crippen LogP contribution is 2.18. The van der Waals surface area contributed by atoms with Gasteiger partial charge in [0.05, 0.1) is 0 Å². The smallest absolute Gasteiger partial charge is 0.0463 e. The lowest BCUT2D eigenvalue weighted by molar-refractivity contribution is 0.863. The molecule has 0 aliphatic heterocycles. The number of hydrogen-bond donors (Lipinski definition) is 0. The van der Waals surface area contributed by atoms with E-state index >= 15 is 0 Å². The Kier molecular flexibility index (Phi) is 2.32. The van der Waals surface area contributed by atoms with Crippen molar-refractivity contribution in [3.8, 4) is 0 Å². The zero-order chi connectivity index (χ0) is 9.42. The Hall–Kier alpha value is -0.510. The maximum atomic E-state index is 2.34. The minimum Gasteiger partial charge on any atom is -0.323 e. The lowest BCUT2D eigenvalue weighted by Gasteiger charge is -2.05. The molecule has 0 aliphatic carbocycles. The minimum absolute atomic E-state index is 0.609. The molecule has 13 heavy (non-hydrogen) atoms. The van der Waals surface area contributed by atoms with E-state index in [0.717, 1.165) is 0 Å². The van der Waals surface area contributed by atoms with E-state index in [9.17, 15) is 0 Å². The average molecular weight is 285 g/mol. The van der Waals surface area contributed by atoms with Crippen molar-refractivity contribution in [3.63, 3.8) is 0 Å². The fourth-order valence-corrected chi connectivity index (χ4v) is 2.07. The zero-order valence-electron chi connectivity index (χ0n) is 7.79. The van der Waals surface area contributed by atoms with E-state index in [2.05, 4.69) is 71.4 Å². The Morgan fingerprint density at radius 1 is 1.31 bits per heavy atom. The minimum atomic E-state index is 0.609. The van der Waals surface area contributed by atoms with Gasteiger partial charge in [0.1, 0.15) is 0 Å². The molecule has 2 rings (SSSR count). The number of aromatic nitrogens is 1. The van der Waals surface area contributed by atoms with Crippen LogP contribution in [0.4, 0.5) is 0 Å². The average Bonchev–Trinajstić information content (AvgIpc) is 2.42. The molecule has 0 amide bonds. The summed E-state index contributed by atoms with van der Waals surface area (Å²) in [6.45, 7) is 4.44. The Bertz CT molecular complexity index is 429. The monoisotopic (exact) mass is 285 g/mol. The first kappa shape index (κ1) is 9.06. The molecule has 1 nitrogen and oxygen atoms in total. The maximum absolute atomic E-state index is 2.34. The number of rotatable bonds is 1. The van der Waals surface area contributed by atoms with Crippen molar-refractivity contribution in [2.45, 2.75) is 19.8 Å². The molecule has 2 aromatic rings. The van der Waals surface area contributed by atoms with Crippen LogP contribution in [0, 0.1) is 3.57 Å². The van der Waals surface area contributed by atoms with E-state index in [4.69, 9.17) is 0 Å². The van der Waals surface area contributed by atoms with Gasteiger partial charge in [-0.25, -0.2) is 0 Å². The lowest BCUT2D eigenvalue weighted by atomic mass is 10.1. The van der Waals surface area contributed by atoms with Crippen LogP contribution in [0.1, 0.15) is 25.3 Å². The molecule has 2 heterocycles. The fraction of sp³-hybridized carbons (Fsp3) is 0.273. The van der Waals surface area contributed by atoms with E-state index in [0.29, 0.717) is 5.92 Å². The van der Waals surface area contributed by atoms with Crippen LogP contribution < -0.4 is 0 Å². The highest BCUT2D eigenvalue weighted by atomic mass is 127. The third-order valence-electron chi connectivity index (χ3n) is 2.26. The van der Waals surface area contributed by atoms with Gasteiger partial charge in [0.25, 0.3) is 0 Å². The summed E-state index contributed by atoms with van der Waals surface area (Å²) in [4.78, 5) is 0. The van der Waals surface area contributed by atoms with Gasteiger partial charge in [0.15, 0.2) is 0 Å². The predicted molar refractivity (Wildman–Crippen MR) is 64.2 cm³/mol. The van der Waals surface area contributed by atoms with Gasteiger partial charge in [-0.15, -0.1) is 0 Å². The molecule has 0 aliphatic rings. The lowest BCUT2D eigenvalue weighted by Crippen LogP contribution is -1.89. The largest absolute Gasteiger partial charge is 0.323 e. The quantitative estimate of drug-likeness (QED) is 0.704. The Morgan fingerprint density at radius 2 is 2.08 bits per heavy atom. The van der Waals surface area contributed by atoms with Gasteiger partial charge in [-0.2, -0.15) is 0 Å². The standard InChI is InChI=1S/C11H12IN/c1-8(2)9-3-4-13-7-10(12)6-11(13)5-9/h3-8H,1-2H3. The number of hydrogen-bond acceptors (Lipinski definition) is 0. The molecule has 0 saturated heterocycles. The molecule has 0 bridgehead atoms. The summed E-state index contributed by atoms with van der Waals surface area (Å²) < 4.78 is 3.45. The molecule has 0 spiro atoms. The van der Waals surface area contributed by atoms with Gasteiger partial charge in [0.2, 0.25) is 0 Å². The first-order chi connectivity index (χ1) is 6.16. The summed E-state index contributed by atoms with van der Waals surface area (Å²) >= 11 is 2.34. The summed E-state index contributed by atoms with van der Waals surface area (Å²) in [6.07, 6.45) is 4.27. The Labute approximate surface area is 91.9 Å². The molecule has 2 heteroatoms. The molecule has 0 aromatic carbocycles. The van der Waals surface area contributed by atoms with Crippen molar-refractivity contribution in [1.82, 2.24) is 4.40 Å². The summed E-state index contributed by atoms with van der Waals surface area (Å²) in [5.74, 6) is 0.609. The number of fused-ring (bicyclic) bond motifs is 1. The zero-order valence-corrected chi connectivity index (χ0v) is 9.95. The molecular formula is C11H12IN. The van der Waals surface area contributed by atoms with E-state index in [1.165, 1.54) is 14.7 Å². The van der Waals surface area contributed by atoms with Gasteiger partial charge in [0, 0.05) is 21.5 Å². The second-order valence-electron chi connectivity index (χ2n) is 3.61. The summed E-state index contributed by atoms with van der Waals surface area (Å²) in [6, 6.07) is 6.65. The van der Waals surface area contributed by atoms with Gasteiger partial charge < -0.3 is 4.40 Å². The molecular weight excluding hydrogens is 273 g/mol. The summed E-state index contributed by atoms with van der Waals surface area (Å²) in [5.41, 5.74) is 2.69. The summed E-state index contributed by atoms with van der Waals surface area (Å²) in [5, 5.41) is 0. The van der Waals surface area contributed by atoms with Crippen LogP contribution in [-0.4, -0.2) is 4.40 Å². The van der Waals surface area contributed by atoms with Crippen molar-refractivity contribution in [2.24, 2.45) is 0 Å². The van der Waals surface area contributed by atoms with Crippen LogP contribution in [0.25, 0.3) is 5.52 Å². The van der Waals surface area contributed by atoms with Crippen LogP contribution in [0.5, 0.6) is 0 Å². The molecule has 68 valence electrons. The van der Waals surface area contributed by atoms with Crippen molar-refractivity contribution >= 4 is 28.1 Å². The van der Waals surface area contributed by atoms with Gasteiger partial charge >= 0.3 is 0 Å². The van der Waals surface area contributed by atoms with E-state index in [-0.39, 0.29) is 0 Å². The molecule has 0 radical (unpaired) electrons. The van der Waals surface area contributed by atoms with Crippen molar-refractivity contribution < 1.29 is 0 Å². The topological polar surface area (TPSA) is 4.41 Å². The van der Waals surface area contributed by atoms with Crippen LogP contribution >= 0.6 is 22.6 Å². The summed E-state index contributed by atoms with van der Waals surface area (Å²) in [7, 11) is 0. The van der Waals surface area contributed by atoms with Crippen molar-refractivity contribution in [3.05, 3.63) is 39.7 Å². The van der Waals surface area contributed by atoms with Crippen LogP contribution in [-0.2, 0) is 0 Å². The molecule has 0 unspecified atom stereocenters. The van der Waals surface area contributed by atoms with Gasteiger partial charge in [-0.05, 0) is 52.3 Å². The normalized spacial score (nSPS) is 11.4. The predicted octanol–water partition coefficient (Wildman–Crippen LogP) is 3.67. The van der Waals surface area contributed by atoms with E-state index in [1.54, 1.807) is 0 Å². The SMILES string of the molecule is CC(C)c1ccn2cc(I)cc2c1. The van der Waals surface area contributed by atoms with Crippen LogP contribution in [0.15, 0.2) is 30.6 Å². The van der Waals surface area contributed by atoms with Crippen molar-refractivity contribution in [2.75, 3.05) is 0 Å². The Balaban J connectivity index is 2.61. The highest BCUT2D eigenvalue weighted by Gasteiger charge is 2.01. The van der Waals surface area contributed by atoms with Gasteiger partial charge in [-0.1, -0.05) is 13.8 Å². The molecule has 0 N–H and O–H groups in total. The molecule has 0 saturated carbocycles. The molecule has 2 aromatic heterocycles. The Morgan fingerprint density at radius 3 is 2.77 bits per heavy atom. The number of pyridine rings is 1. The fourth-order valence-electron chi connectivity index (χ4n) is 1.45. The first-order valence-corrected chi connectivity index (χ1v) is 5.52.